The Hall–Kier alpha value is -1.59. The van der Waals surface area contributed by atoms with E-state index in [1.54, 1.807) is 13.0 Å². The van der Waals surface area contributed by atoms with Gasteiger partial charge >= 0.3 is 5.97 Å². The molecule has 2 atom stereocenters. The maximum atomic E-state index is 10.4. The Morgan fingerprint density at radius 3 is 2.44 bits per heavy atom. The average Bonchev–Trinajstić information content (AvgIpc) is 2.13. The molecule has 5 nitrogen and oxygen atoms in total. The molecular weight excluding hydrogens is 212 g/mol. The molecule has 0 aromatic heterocycles. The largest absolute Gasteiger partial charge is 0.508 e. The first-order chi connectivity index (χ1) is 7.40. The third-order valence-electron chi connectivity index (χ3n) is 2.17. The van der Waals surface area contributed by atoms with Gasteiger partial charge in [-0.05, 0) is 30.2 Å². The van der Waals surface area contributed by atoms with Crippen LogP contribution in [0.4, 0.5) is 0 Å². The molecule has 0 aliphatic rings. The predicted molar refractivity (Wildman–Crippen MR) is 56.1 cm³/mol. The van der Waals surface area contributed by atoms with Gasteiger partial charge in [-0.15, -0.1) is 0 Å². The van der Waals surface area contributed by atoms with E-state index in [1.165, 1.54) is 12.1 Å². The lowest BCUT2D eigenvalue weighted by Crippen LogP contribution is -2.21. The standard InChI is InChI=1S/C11H14O5/c1-6-2-7(4-8(12)3-6)11(16)9(13)5-10(14)15/h2-4,9,11-13,16H,5H2,1H3,(H,14,15). The lowest BCUT2D eigenvalue weighted by Gasteiger charge is -2.17. The van der Waals surface area contributed by atoms with Crippen molar-refractivity contribution in [3.63, 3.8) is 0 Å². The molecule has 0 heterocycles. The molecule has 16 heavy (non-hydrogen) atoms. The molecule has 0 bridgehead atoms. The minimum atomic E-state index is -1.39. The second-order valence-electron chi connectivity index (χ2n) is 3.71. The zero-order chi connectivity index (χ0) is 12.3. The number of aliphatic hydroxyl groups is 2. The molecule has 0 aliphatic heterocycles. The van der Waals surface area contributed by atoms with E-state index in [4.69, 9.17) is 5.11 Å². The quantitative estimate of drug-likeness (QED) is 0.601. The number of phenols is 1. The van der Waals surface area contributed by atoms with Crippen molar-refractivity contribution in [3.05, 3.63) is 29.3 Å². The number of rotatable bonds is 4. The summed E-state index contributed by atoms with van der Waals surface area (Å²) in [4.78, 5) is 10.4. The number of carbonyl (C=O) groups is 1. The van der Waals surface area contributed by atoms with Crippen LogP contribution in [0.3, 0.4) is 0 Å². The van der Waals surface area contributed by atoms with E-state index in [0.29, 0.717) is 5.56 Å². The van der Waals surface area contributed by atoms with Crippen molar-refractivity contribution in [1.82, 2.24) is 0 Å². The molecule has 5 heteroatoms. The van der Waals surface area contributed by atoms with E-state index < -0.39 is 24.6 Å². The minimum absolute atomic E-state index is 0.0309. The number of aliphatic carboxylic acids is 1. The van der Waals surface area contributed by atoms with Crippen molar-refractivity contribution in [3.8, 4) is 5.75 Å². The van der Waals surface area contributed by atoms with Crippen molar-refractivity contribution in [2.75, 3.05) is 0 Å². The Bertz CT molecular complexity index is 368. The Morgan fingerprint density at radius 2 is 1.94 bits per heavy atom. The van der Waals surface area contributed by atoms with E-state index in [0.717, 1.165) is 5.56 Å². The highest BCUT2D eigenvalue weighted by Gasteiger charge is 2.21. The van der Waals surface area contributed by atoms with Crippen LogP contribution in [0.2, 0.25) is 0 Å². The maximum absolute atomic E-state index is 10.4. The molecule has 2 unspecified atom stereocenters. The molecule has 0 radical (unpaired) electrons. The first-order valence-electron chi connectivity index (χ1n) is 4.78. The summed E-state index contributed by atoms with van der Waals surface area (Å²) in [6.07, 6.45) is -3.25. The highest BCUT2D eigenvalue weighted by Crippen LogP contribution is 2.24. The SMILES string of the molecule is Cc1cc(O)cc(C(O)C(O)CC(=O)O)c1. The molecule has 0 saturated heterocycles. The Labute approximate surface area is 92.6 Å². The summed E-state index contributed by atoms with van der Waals surface area (Å²) in [5.41, 5.74) is 1.02. The molecule has 1 aromatic rings. The van der Waals surface area contributed by atoms with Crippen molar-refractivity contribution in [2.45, 2.75) is 25.6 Å². The highest BCUT2D eigenvalue weighted by molar-refractivity contribution is 5.67. The summed E-state index contributed by atoms with van der Waals surface area (Å²) in [7, 11) is 0. The molecule has 1 rings (SSSR count). The number of carboxylic acids is 1. The van der Waals surface area contributed by atoms with E-state index >= 15 is 0 Å². The second kappa shape index (κ2) is 4.96. The van der Waals surface area contributed by atoms with Gasteiger partial charge in [0.15, 0.2) is 0 Å². The predicted octanol–water partition coefficient (Wildman–Crippen LogP) is 0.570. The molecule has 0 fully saturated rings. The van der Waals surface area contributed by atoms with Gasteiger partial charge in [0, 0.05) is 0 Å². The number of carboxylic acid groups (broad SMARTS) is 1. The Morgan fingerprint density at radius 1 is 1.31 bits per heavy atom. The van der Waals surface area contributed by atoms with Crippen LogP contribution in [0.5, 0.6) is 5.75 Å². The van der Waals surface area contributed by atoms with Gasteiger partial charge in [-0.3, -0.25) is 4.79 Å². The number of aliphatic hydroxyl groups excluding tert-OH is 2. The van der Waals surface area contributed by atoms with Crippen LogP contribution in [0.15, 0.2) is 18.2 Å². The zero-order valence-electron chi connectivity index (χ0n) is 8.79. The van der Waals surface area contributed by atoms with Crippen molar-refractivity contribution in [2.24, 2.45) is 0 Å². The van der Waals surface area contributed by atoms with Gasteiger partial charge in [-0.1, -0.05) is 6.07 Å². The fourth-order valence-corrected chi connectivity index (χ4v) is 1.48. The highest BCUT2D eigenvalue weighted by atomic mass is 16.4. The summed E-state index contributed by atoms with van der Waals surface area (Å²) >= 11 is 0. The Kier molecular flexibility index (Phi) is 3.87. The fraction of sp³-hybridized carbons (Fsp3) is 0.364. The van der Waals surface area contributed by atoms with Gasteiger partial charge in [0.1, 0.15) is 11.9 Å². The van der Waals surface area contributed by atoms with Crippen molar-refractivity contribution < 1.29 is 25.2 Å². The van der Waals surface area contributed by atoms with Gasteiger partial charge < -0.3 is 20.4 Å². The maximum Gasteiger partial charge on any atom is 0.306 e. The molecule has 88 valence electrons. The van der Waals surface area contributed by atoms with E-state index in [1.807, 2.05) is 0 Å². The van der Waals surface area contributed by atoms with Gasteiger partial charge in [0.25, 0.3) is 0 Å². The zero-order valence-corrected chi connectivity index (χ0v) is 8.79. The lowest BCUT2D eigenvalue weighted by molar-refractivity contribution is -0.141. The van der Waals surface area contributed by atoms with Crippen LogP contribution in [0.25, 0.3) is 0 Å². The topological polar surface area (TPSA) is 98.0 Å². The molecule has 0 amide bonds. The summed E-state index contributed by atoms with van der Waals surface area (Å²) in [6, 6.07) is 4.37. The third-order valence-corrected chi connectivity index (χ3v) is 2.17. The smallest absolute Gasteiger partial charge is 0.306 e. The molecule has 0 saturated carbocycles. The third kappa shape index (κ3) is 3.22. The van der Waals surface area contributed by atoms with Gasteiger partial charge in [-0.2, -0.15) is 0 Å². The van der Waals surface area contributed by atoms with Gasteiger partial charge in [0.05, 0.1) is 12.5 Å². The number of aromatic hydroxyl groups is 1. The van der Waals surface area contributed by atoms with Crippen LogP contribution in [0, 0.1) is 6.92 Å². The second-order valence-corrected chi connectivity index (χ2v) is 3.71. The van der Waals surface area contributed by atoms with Crippen molar-refractivity contribution >= 4 is 5.97 Å². The Balaban J connectivity index is 2.86. The fourth-order valence-electron chi connectivity index (χ4n) is 1.48. The number of aryl methyl sites for hydroxylation is 1. The minimum Gasteiger partial charge on any atom is -0.508 e. The van der Waals surface area contributed by atoms with Crippen LogP contribution in [-0.2, 0) is 4.79 Å². The van der Waals surface area contributed by atoms with Crippen LogP contribution in [-0.4, -0.2) is 32.5 Å². The normalized spacial score (nSPS) is 14.4. The average molecular weight is 226 g/mol. The van der Waals surface area contributed by atoms with Crippen LogP contribution < -0.4 is 0 Å². The summed E-state index contributed by atoms with van der Waals surface area (Å²) in [5.74, 6) is -1.22. The number of phenolic OH excluding ortho intramolecular Hbond substituents is 1. The van der Waals surface area contributed by atoms with Gasteiger partial charge in [-0.25, -0.2) is 0 Å². The number of hydrogen-bond donors (Lipinski definition) is 4. The molecular formula is C11H14O5. The summed E-state index contributed by atoms with van der Waals surface area (Å²) in [6.45, 7) is 1.72. The molecule has 0 spiro atoms. The van der Waals surface area contributed by atoms with E-state index in [-0.39, 0.29) is 5.75 Å². The summed E-state index contributed by atoms with van der Waals surface area (Å²) in [5, 5.41) is 36.8. The monoisotopic (exact) mass is 226 g/mol. The number of benzene rings is 1. The summed E-state index contributed by atoms with van der Waals surface area (Å²) < 4.78 is 0. The first-order valence-corrected chi connectivity index (χ1v) is 4.78. The lowest BCUT2D eigenvalue weighted by atomic mass is 10.00. The van der Waals surface area contributed by atoms with Crippen molar-refractivity contribution in [1.29, 1.82) is 0 Å². The number of hydrogen-bond acceptors (Lipinski definition) is 4. The van der Waals surface area contributed by atoms with Crippen LogP contribution >= 0.6 is 0 Å². The molecule has 1 aromatic carbocycles. The van der Waals surface area contributed by atoms with Gasteiger partial charge in [0.2, 0.25) is 0 Å². The first kappa shape index (κ1) is 12.5. The van der Waals surface area contributed by atoms with E-state index in [2.05, 4.69) is 0 Å². The molecule has 0 aliphatic carbocycles. The van der Waals surface area contributed by atoms with E-state index in [9.17, 15) is 20.1 Å². The molecule has 4 N–H and O–H groups in total. The van der Waals surface area contributed by atoms with Crippen LogP contribution in [0.1, 0.15) is 23.7 Å².